The zero-order valence-corrected chi connectivity index (χ0v) is 11.4. The minimum atomic E-state index is 0. The Hall–Kier alpha value is -0.290. The lowest BCUT2D eigenvalue weighted by molar-refractivity contribution is 0.247. The molecule has 0 amide bonds. The molecule has 1 aromatic rings. The van der Waals surface area contributed by atoms with Crippen LogP contribution in [0.4, 0.5) is 0 Å². The van der Waals surface area contributed by atoms with Gasteiger partial charge in [-0.2, -0.15) is 0 Å². The van der Waals surface area contributed by atoms with Gasteiger partial charge >= 0.3 is 0 Å². The maximum Gasteiger partial charge on any atom is 0.134 e. The molecular weight excluding hydrogens is 244 g/mol. The molecule has 1 aliphatic heterocycles. The van der Waals surface area contributed by atoms with E-state index >= 15 is 0 Å². The maximum absolute atomic E-state index is 5.32. The number of ether oxygens (including phenoxy) is 1. The summed E-state index contributed by atoms with van der Waals surface area (Å²) in [4.78, 5) is 3.74. The van der Waals surface area contributed by atoms with E-state index < -0.39 is 0 Å². The highest BCUT2D eigenvalue weighted by Crippen LogP contribution is 2.26. The second-order valence-corrected chi connectivity index (χ2v) is 4.97. The molecule has 1 aliphatic rings. The Kier molecular flexibility index (Phi) is 5.55. The smallest absolute Gasteiger partial charge is 0.134 e. The van der Waals surface area contributed by atoms with Crippen LogP contribution in [0.2, 0.25) is 0 Å². The Labute approximate surface area is 107 Å². The van der Waals surface area contributed by atoms with Crippen LogP contribution in [0.5, 0.6) is 5.75 Å². The van der Waals surface area contributed by atoms with Crippen molar-refractivity contribution in [2.45, 2.75) is 19.0 Å². The van der Waals surface area contributed by atoms with Crippen LogP contribution in [-0.4, -0.2) is 38.2 Å². The van der Waals surface area contributed by atoms with Gasteiger partial charge in [-0.25, -0.2) is 0 Å². The van der Waals surface area contributed by atoms with Crippen molar-refractivity contribution in [2.75, 3.05) is 27.2 Å². The molecule has 2 rings (SSSR count). The van der Waals surface area contributed by atoms with E-state index in [4.69, 9.17) is 4.74 Å². The number of likely N-dealkylation sites (N-methyl/N-ethyl adjacent to an activating group) is 1. The number of nitrogens with zero attached hydrogens (tertiary/aromatic N) is 1. The molecular formula is C11H19ClN2OS. The van der Waals surface area contributed by atoms with Crippen molar-refractivity contribution in [3.05, 3.63) is 16.3 Å². The number of methoxy groups -OCH3 is 1. The van der Waals surface area contributed by atoms with Gasteiger partial charge in [0.15, 0.2) is 0 Å². The standard InChI is InChI=1S/C11H18N2OS.ClH/c1-13(9-3-5-12-7-9)8-11-10(14-2)4-6-15-11;/h4,6,9,12H,3,5,7-8H2,1-2H3;1H. The van der Waals surface area contributed by atoms with Gasteiger partial charge in [0, 0.05) is 19.1 Å². The van der Waals surface area contributed by atoms with Gasteiger partial charge < -0.3 is 10.1 Å². The van der Waals surface area contributed by atoms with Crippen molar-refractivity contribution in [2.24, 2.45) is 0 Å². The van der Waals surface area contributed by atoms with E-state index in [1.54, 1.807) is 18.4 Å². The molecule has 1 N–H and O–H groups in total. The molecule has 16 heavy (non-hydrogen) atoms. The van der Waals surface area contributed by atoms with Crippen LogP contribution in [-0.2, 0) is 6.54 Å². The van der Waals surface area contributed by atoms with E-state index in [9.17, 15) is 0 Å². The SMILES string of the molecule is COc1ccsc1CN(C)C1CCNC1.Cl. The summed E-state index contributed by atoms with van der Waals surface area (Å²) in [7, 11) is 3.93. The average molecular weight is 263 g/mol. The third-order valence-electron chi connectivity index (χ3n) is 2.98. The van der Waals surface area contributed by atoms with Gasteiger partial charge in [-0.1, -0.05) is 0 Å². The zero-order chi connectivity index (χ0) is 10.7. The first-order valence-electron chi connectivity index (χ1n) is 5.32. The topological polar surface area (TPSA) is 24.5 Å². The molecule has 2 heterocycles. The van der Waals surface area contributed by atoms with Gasteiger partial charge in [0.2, 0.25) is 0 Å². The fourth-order valence-electron chi connectivity index (χ4n) is 2.00. The molecule has 1 unspecified atom stereocenters. The molecule has 0 spiro atoms. The minimum absolute atomic E-state index is 0. The molecule has 1 fully saturated rings. The van der Waals surface area contributed by atoms with Gasteiger partial charge in [0.1, 0.15) is 5.75 Å². The summed E-state index contributed by atoms with van der Waals surface area (Å²) in [6, 6.07) is 2.72. The second-order valence-electron chi connectivity index (χ2n) is 3.97. The monoisotopic (exact) mass is 262 g/mol. The van der Waals surface area contributed by atoms with Crippen LogP contribution in [0, 0.1) is 0 Å². The minimum Gasteiger partial charge on any atom is -0.496 e. The van der Waals surface area contributed by atoms with Crippen LogP contribution in [0.25, 0.3) is 0 Å². The van der Waals surface area contributed by atoms with Crippen molar-refractivity contribution >= 4 is 23.7 Å². The van der Waals surface area contributed by atoms with Crippen molar-refractivity contribution in [3.8, 4) is 5.75 Å². The van der Waals surface area contributed by atoms with Crippen molar-refractivity contribution < 1.29 is 4.74 Å². The van der Waals surface area contributed by atoms with Crippen molar-refractivity contribution in [1.29, 1.82) is 0 Å². The van der Waals surface area contributed by atoms with Crippen LogP contribution in [0.15, 0.2) is 11.4 Å². The number of hydrogen-bond donors (Lipinski definition) is 1. The third kappa shape index (κ3) is 3.10. The second kappa shape index (κ2) is 6.45. The van der Waals surface area contributed by atoms with E-state index in [0.29, 0.717) is 6.04 Å². The first-order chi connectivity index (χ1) is 7.31. The summed E-state index contributed by atoms with van der Waals surface area (Å²) in [6.07, 6.45) is 1.25. The number of thiophene rings is 1. The normalized spacial score (nSPS) is 19.8. The predicted octanol–water partition coefficient (Wildman–Crippen LogP) is 1.97. The van der Waals surface area contributed by atoms with E-state index in [1.807, 2.05) is 6.07 Å². The number of nitrogens with one attached hydrogen (secondary N) is 1. The summed E-state index contributed by atoms with van der Waals surface area (Å²) >= 11 is 1.77. The van der Waals surface area contributed by atoms with E-state index in [1.165, 1.54) is 11.3 Å². The summed E-state index contributed by atoms with van der Waals surface area (Å²) in [5.41, 5.74) is 0. The number of hydrogen-bond acceptors (Lipinski definition) is 4. The Bertz CT molecular complexity index is 313. The zero-order valence-electron chi connectivity index (χ0n) is 9.73. The molecule has 0 radical (unpaired) electrons. The quantitative estimate of drug-likeness (QED) is 0.898. The summed E-state index contributed by atoms with van der Waals surface area (Å²) < 4.78 is 5.32. The van der Waals surface area contributed by atoms with Gasteiger partial charge in [0.05, 0.1) is 12.0 Å². The Morgan fingerprint density at radius 2 is 2.44 bits per heavy atom. The molecule has 1 aromatic heterocycles. The first-order valence-corrected chi connectivity index (χ1v) is 6.20. The highest BCUT2D eigenvalue weighted by atomic mass is 35.5. The van der Waals surface area contributed by atoms with E-state index in [-0.39, 0.29) is 12.4 Å². The maximum atomic E-state index is 5.32. The van der Waals surface area contributed by atoms with Crippen LogP contribution < -0.4 is 10.1 Å². The fourth-order valence-corrected chi connectivity index (χ4v) is 2.90. The van der Waals surface area contributed by atoms with Crippen molar-refractivity contribution in [1.82, 2.24) is 10.2 Å². The highest BCUT2D eigenvalue weighted by Gasteiger charge is 2.20. The molecule has 0 bridgehead atoms. The Morgan fingerprint density at radius 3 is 3.06 bits per heavy atom. The predicted molar refractivity (Wildman–Crippen MR) is 70.9 cm³/mol. The molecule has 1 atom stereocenters. The lowest BCUT2D eigenvalue weighted by Gasteiger charge is -2.22. The highest BCUT2D eigenvalue weighted by molar-refractivity contribution is 7.10. The average Bonchev–Trinajstić information content (AvgIpc) is 2.87. The van der Waals surface area contributed by atoms with Crippen LogP contribution in [0.1, 0.15) is 11.3 Å². The largest absolute Gasteiger partial charge is 0.496 e. The van der Waals surface area contributed by atoms with Crippen LogP contribution in [0.3, 0.4) is 0 Å². The van der Waals surface area contributed by atoms with Crippen LogP contribution >= 0.6 is 23.7 Å². The van der Waals surface area contributed by atoms with Gasteiger partial charge in [-0.15, -0.1) is 23.7 Å². The van der Waals surface area contributed by atoms with E-state index in [2.05, 4.69) is 22.6 Å². The lowest BCUT2D eigenvalue weighted by Crippen LogP contribution is -2.32. The summed E-state index contributed by atoms with van der Waals surface area (Å²) in [5.74, 6) is 1.03. The molecule has 0 aromatic carbocycles. The van der Waals surface area contributed by atoms with Gasteiger partial charge in [0.25, 0.3) is 0 Å². The summed E-state index contributed by atoms with van der Waals surface area (Å²) in [5, 5.41) is 5.48. The van der Waals surface area contributed by atoms with Gasteiger partial charge in [-0.3, -0.25) is 4.90 Å². The van der Waals surface area contributed by atoms with E-state index in [0.717, 1.165) is 25.4 Å². The molecule has 92 valence electrons. The van der Waals surface area contributed by atoms with Gasteiger partial charge in [-0.05, 0) is 31.5 Å². The molecule has 0 aliphatic carbocycles. The molecule has 1 saturated heterocycles. The molecule has 3 nitrogen and oxygen atoms in total. The number of halogens is 1. The lowest BCUT2D eigenvalue weighted by atomic mass is 10.2. The number of rotatable bonds is 4. The third-order valence-corrected chi connectivity index (χ3v) is 3.86. The Balaban J connectivity index is 0.00000128. The Morgan fingerprint density at radius 1 is 1.62 bits per heavy atom. The molecule has 5 heteroatoms. The fraction of sp³-hybridized carbons (Fsp3) is 0.636. The van der Waals surface area contributed by atoms with Crippen molar-refractivity contribution in [3.63, 3.8) is 0 Å². The molecule has 0 saturated carbocycles. The first kappa shape index (κ1) is 13.8. The summed E-state index contributed by atoms with van der Waals surface area (Å²) in [6.45, 7) is 3.26.